The predicted molar refractivity (Wildman–Crippen MR) is 142 cm³/mol. The molecule has 8 nitrogen and oxygen atoms in total. The van der Waals surface area contributed by atoms with Gasteiger partial charge in [-0.3, -0.25) is 9.69 Å². The Balaban J connectivity index is 0.00000361. The summed E-state index contributed by atoms with van der Waals surface area (Å²) in [5.41, 5.74) is 7.61. The van der Waals surface area contributed by atoms with Gasteiger partial charge in [-0.05, 0) is 66.4 Å². The van der Waals surface area contributed by atoms with Gasteiger partial charge in [-0.15, -0.1) is 12.4 Å². The minimum atomic E-state index is -3.75. The largest absolute Gasteiger partial charge is 0.497 e. The Morgan fingerprint density at radius 1 is 0.917 bits per heavy atom. The summed E-state index contributed by atoms with van der Waals surface area (Å²) in [6, 6.07) is 21.4. The van der Waals surface area contributed by atoms with Crippen LogP contribution >= 0.6 is 12.4 Å². The fraction of sp³-hybridized carbons (Fsp3) is 0.231. The van der Waals surface area contributed by atoms with Crippen LogP contribution in [-0.2, 0) is 20.5 Å². The molecular weight excluding hydrogens is 502 g/mol. The van der Waals surface area contributed by atoms with Gasteiger partial charge in [0.1, 0.15) is 11.5 Å². The van der Waals surface area contributed by atoms with Crippen molar-refractivity contribution in [3.63, 3.8) is 0 Å². The van der Waals surface area contributed by atoms with Crippen LogP contribution in [0.5, 0.6) is 11.5 Å². The third kappa shape index (κ3) is 4.76. The third-order valence-corrected chi connectivity index (χ3v) is 7.56. The van der Waals surface area contributed by atoms with Crippen LogP contribution in [0, 0.1) is 0 Å². The molecule has 0 saturated carbocycles. The molecule has 0 aliphatic carbocycles. The van der Waals surface area contributed by atoms with Crippen LogP contribution in [-0.4, -0.2) is 44.6 Å². The number of benzene rings is 3. The van der Waals surface area contributed by atoms with Crippen molar-refractivity contribution in [3.05, 3.63) is 83.9 Å². The smallest absolute Gasteiger partial charge is 0.311 e. The standard InChI is InChI=1S/C26H27N3O5S.ClH/c1-17(2)35(31,32)34-22-13-11-20(12-14-22)26(24(30)29(3)25(27)28-26)21-9-5-7-18(15-21)19-8-6-10-23(16-19)33-4;/h5-17H,1-4H3,(H2,27,28);1H. The SMILES string of the molecule is COc1cccc(-c2cccc(C3(c4ccc(OS(=O)(=O)C(C)C)cc4)N=C(N)N(C)C3=O)c2)c1.Cl. The lowest BCUT2D eigenvalue weighted by molar-refractivity contribution is -0.129. The van der Waals surface area contributed by atoms with E-state index in [1.165, 1.54) is 17.0 Å². The first-order valence-corrected chi connectivity index (χ1v) is 12.5. The molecule has 3 aromatic carbocycles. The highest BCUT2D eigenvalue weighted by Crippen LogP contribution is 2.41. The molecule has 1 aliphatic heterocycles. The van der Waals surface area contributed by atoms with Crippen molar-refractivity contribution in [2.45, 2.75) is 24.6 Å². The molecule has 1 amide bonds. The molecular formula is C26H28ClN3O5S. The molecule has 2 N–H and O–H groups in total. The minimum Gasteiger partial charge on any atom is -0.497 e. The zero-order valence-corrected chi connectivity index (χ0v) is 22.0. The van der Waals surface area contributed by atoms with E-state index in [4.69, 9.17) is 14.7 Å². The maximum atomic E-state index is 13.6. The van der Waals surface area contributed by atoms with Gasteiger partial charge in [0.05, 0.1) is 12.4 Å². The van der Waals surface area contributed by atoms with Crippen LogP contribution in [0.3, 0.4) is 0 Å². The van der Waals surface area contributed by atoms with Crippen LogP contribution in [0.25, 0.3) is 11.1 Å². The van der Waals surface area contributed by atoms with Crippen molar-refractivity contribution in [2.24, 2.45) is 10.7 Å². The van der Waals surface area contributed by atoms with E-state index < -0.39 is 20.9 Å². The van der Waals surface area contributed by atoms with Crippen molar-refractivity contribution in [1.82, 2.24) is 4.90 Å². The lowest BCUT2D eigenvalue weighted by Crippen LogP contribution is -2.41. The van der Waals surface area contributed by atoms with E-state index in [9.17, 15) is 13.2 Å². The minimum absolute atomic E-state index is 0. The average molecular weight is 530 g/mol. The zero-order valence-electron chi connectivity index (χ0n) is 20.3. The number of ether oxygens (including phenoxy) is 1. The molecule has 36 heavy (non-hydrogen) atoms. The van der Waals surface area contributed by atoms with E-state index in [-0.39, 0.29) is 30.0 Å². The molecule has 1 aliphatic rings. The number of carbonyl (C=O) groups is 1. The van der Waals surface area contributed by atoms with E-state index in [1.54, 1.807) is 40.1 Å². The predicted octanol–water partition coefficient (Wildman–Crippen LogP) is 3.93. The van der Waals surface area contributed by atoms with Crippen molar-refractivity contribution >= 4 is 34.4 Å². The number of hydrogen-bond acceptors (Lipinski definition) is 7. The molecule has 1 atom stereocenters. The monoisotopic (exact) mass is 529 g/mol. The number of aliphatic imine (C=N–C) groups is 1. The van der Waals surface area contributed by atoms with Crippen LogP contribution in [0.15, 0.2) is 77.8 Å². The average Bonchev–Trinajstić information content (AvgIpc) is 3.09. The molecule has 0 saturated heterocycles. The van der Waals surface area contributed by atoms with Crippen LogP contribution in [0.2, 0.25) is 0 Å². The number of guanidine groups is 1. The Kier molecular flexibility index (Phi) is 7.66. The molecule has 3 aromatic rings. The van der Waals surface area contributed by atoms with Gasteiger partial charge in [0.15, 0.2) is 11.5 Å². The summed E-state index contributed by atoms with van der Waals surface area (Å²) in [5, 5.41) is -0.692. The maximum absolute atomic E-state index is 13.6. The normalized spacial score (nSPS) is 17.5. The third-order valence-electron chi connectivity index (χ3n) is 5.99. The van der Waals surface area contributed by atoms with Gasteiger partial charge in [0.2, 0.25) is 0 Å². The second kappa shape index (κ2) is 10.2. The maximum Gasteiger partial charge on any atom is 0.311 e. The molecule has 190 valence electrons. The van der Waals surface area contributed by atoms with Gasteiger partial charge < -0.3 is 14.7 Å². The van der Waals surface area contributed by atoms with Gasteiger partial charge in [-0.1, -0.05) is 42.5 Å². The second-order valence-electron chi connectivity index (χ2n) is 8.51. The molecule has 0 radical (unpaired) electrons. The number of nitrogens with zero attached hydrogens (tertiary/aromatic N) is 2. The van der Waals surface area contributed by atoms with Crippen molar-refractivity contribution < 1.29 is 22.1 Å². The summed E-state index contributed by atoms with van der Waals surface area (Å²) in [5.74, 6) is 0.637. The first kappa shape index (κ1) is 27.0. The second-order valence-corrected chi connectivity index (χ2v) is 10.6. The van der Waals surface area contributed by atoms with Crippen molar-refractivity contribution in [2.75, 3.05) is 14.2 Å². The van der Waals surface area contributed by atoms with Crippen molar-refractivity contribution in [3.8, 4) is 22.6 Å². The summed E-state index contributed by atoms with van der Waals surface area (Å²) in [6.07, 6.45) is 0. The number of hydrogen-bond donors (Lipinski definition) is 1. The van der Waals surface area contributed by atoms with Gasteiger partial charge in [-0.25, -0.2) is 4.99 Å². The number of halogens is 1. The van der Waals surface area contributed by atoms with Crippen LogP contribution < -0.4 is 14.7 Å². The fourth-order valence-corrected chi connectivity index (χ4v) is 4.46. The molecule has 4 rings (SSSR count). The highest BCUT2D eigenvalue weighted by Gasteiger charge is 2.49. The summed E-state index contributed by atoms with van der Waals surface area (Å²) in [4.78, 5) is 19.5. The van der Waals surface area contributed by atoms with Crippen LogP contribution in [0.1, 0.15) is 25.0 Å². The van der Waals surface area contributed by atoms with Gasteiger partial charge in [-0.2, -0.15) is 8.42 Å². The summed E-state index contributed by atoms with van der Waals surface area (Å²) in [7, 11) is -0.577. The Morgan fingerprint density at radius 2 is 1.53 bits per heavy atom. The van der Waals surface area contributed by atoms with Gasteiger partial charge in [0, 0.05) is 7.05 Å². The van der Waals surface area contributed by atoms with Gasteiger partial charge in [0.25, 0.3) is 5.91 Å². The quantitative estimate of drug-likeness (QED) is 0.464. The Labute approximate surface area is 217 Å². The van der Waals surface area contributed by atoms with Crippen LogP contribution in [0.4, 0.5) is 0 Å². The Bertz CT molecular complexity index is 1410. The Hall–Kier alpha value is -3.56. The first-order chi connectivity index (χ1) is 16.6. The molecule has 10 heteroatoms. The zero-order chi connectivity index (χ0) is 25.4. The summed E-state index contributed by atoms with van der Waals surface area (Å²) in [6.45, 7) is 3.08. The lowest BCUT2D eigenvalue weighted by Gasteiger charge is -2.26. The molecule has 0 aromatic heterocycles. The fourth-order valence-electron chi connectivity index (χ4n) is 3.89. The Morgan fingerprint density at radius 3 is 2.08 bits per heavy atom. The highest BCUT2D eigenvalue weighted by molar-refractivity contribution is 7.87. The topological polar surface area (TPSA) is 111 Å². The van der Waals surface area contributed by atoms with E-state index in [2.05, 4.69) is 4.99 Å². The number of likely N-dealkylation sites (N-methyl/N-ethyl adjacent to an activating group) is 1. The summed E-state index contributed by atoms with van der Waals surface area (Å²) >= 11 is 0. The first-order valence-electron chi connectivity index (χ1n) is 11.0. The molecule has 0 spiro atoms. The number of carbonyl (C=O) groups excluding carboxylic acids is 1. The van der Waals surface area contributed by atoms with Crippen molar-refractivity contribution in [1.29, 1.82) is 0 Å². The number of rotatable bonds is 7. The molecule has 0 bridgehead atoms. The highest BCUT2D eigenvalue weighted by atomic mass is 35.5. The van der Waals surface area contributed by atoms with Gasteiger partial charge >= 0.3 is 10.1 Å². The van der Waals surface area contributed by atoms with E-state index >= 15 is 0 Å². The molecule has 0 fully saturated rings. The molecule has 1 heterocycles. The van der Waals surface area contributed by atoms with E-state index in [0.717, 1.165) is 11.1 Å². The number of nitrogens with two attached hydrogens (primary N) is 1. The number of amides is 1. The van der Waals surface area contributed by atoms with E-state index in [1.807, 2.05) is 48.5 Å². The van der Waals surface area contributed by atoms with E-state index in [0.29, 0.717) is 16.9 Å². The summed E-state index contributed by atoms with van der Waals surface area (Å²) < 4.78 is 34.8. The number of methoxy groups -OCH3 is 1. The molecule has 1 unspecified atom stereocenters. The lowest BCUT2D eigenvalue weighted by atomic mass is 9.81.